The Morgan fingerprint density at radius 2 is 2.00 bits per heavy atom. The number of nitrogen functional groups attached to an aromatic ring is 1. The van der Waals surface area contributed by atoms with Crippen molar-refractivity contribution in [1.29, 1.82) is 0 Å². The van der Waals surface area contributed by atoms with E-state index in [9.17, 15) is 4.79 Å². The molecule has 0 aliphatic carbocycles. The summed E-state index contributed by atoms with van der Waals surface area (Å²) in [4.78, 5) is 14.5. The van der Waals surface area contributed by atoms with Crippen LogP contribution in [-0.2, 0) is 4.79 Å². The molecule has 5 nitrogen and oxygen atoms in total. The Balaban J connectivity index is 2.83. The summed E-state index contributed by atoms with van der Waals surface area (Å²) in [7, 11) is 3.55. The van der Waals surface area contributed by atoms with E-state index in [2.05, 4.69) is 24.1 Å². The van der Waals surface area contributed by atoms with E-state index >= 15 is 0 Å². The number of hydrogen-bond acceptors (Lipinski definition) is 4. The Morgan fingerprint density at radius 3 is 2.52 bits per heavy atom. The van der Waals surface area contributed by atoms with Crippen molar-refractivity contribution in [3.8, 4) is 5.75 Å². The lowest BCUT2D eigenvalue weighted by Crippen LogP contribution is -2.45. The van der Waals surface area contributed by atoms with E-state index in [0.717, 1.165) is 12.8 Å². The van der Waals surface area contributed by atoms with Gasteiger partial charge in [-0.3, -0.25) is 9.69 Å². The number of ether oxygens (including phenoxy) is 1. The third-order valence-corrected chi connectivity index (χ3v) is 3.99. The van der Waals surface area contributed by atoms with Gasteiger partial charge in [0, 0.05) is 11.7 Å². The van der Waals surface area contributed by atoms with E-state index in [4.69, 9.17) is 10.5 Å². The van der Waals surface area contributed by atoms with Gasteiger partial charge in [-0.05, 0) is 45.0 Å². The number of methoxy groups -OCH3 is 1. The molecule has 0 radical (unpaired) electrons. The number of carbonyl (C=O) groups is 1. The molecule has 0 spiro atoms. The number of rotatable bonds is 7. The van der Waals surface area contributed by atoms with Crippen LogP contribution >= 0.6 is 0 Å². The zero-order chi connectivity index (χ0) is 16.0. The van der Waals surface area contributed by atoms with Gasteiger partial charge in [0.25, 0.3) is 0 Å². The van der Waals surface area contributed by atoms with Gasteiger partial charge in [0.2, 0.25) is 5.91 Å². The molecule has 21 heavy (non-hydrogen) atoms. The first-order valence-corrected chi connectivity index (χ1v) is 7.40. The predicted octanol–water partition coefficient (Wildman–Crippen LogP) is 2.72. The topological polar surface area (TPSA) is 67.6 Å². The summed E-state index contributed by atoms with van der Waals surface area (Å²) < 4.78 is 5.25. The average molecular weight is 293 g/mol. The zero-order valence-corrected chi connectivity index (χ0v) is 13.6. The Kier molecular flexibility index (Phi) is 6.49. The molecule has 1 amide bonds. The molecule has 1 aromatic rings. The van der Waals surface area contributed by atoms with Gasteiger partial charge < -0.3 is 15.8 Å². The number of benzene rings is 1. The molecule has 5 heteroatoms. The Morgan fingerprint density at radius 1 is 1.38 bits per heavy atom. The molecule has 0 heterocycles. The Hall–Kier alpha value is -1.75. The van der Waals surface area contributed by atoms with Crippen LogP contribution in [0.25, 0.3) is 0 Å². The van der Waals surface area contributed by atoms with Crippen LogP contribution in [0.15, 0.2) is 18.2 Å². The highest BCUT2D eigenvalue weighted by molar-refractivity contribution is 5.96. The molecule has 0 aromatic heterocycles. The number of amides is 1. The number of anilines is 2. The van der Waals surface area contributed by atoms with E-state index in [1.807, 2.05) is 14.0 Å². The number of nitrogens with one attached hydrogen (secondary N) is 1. The van der Waals surface area contributed by atoms with E-state index in [1.54, 1.807) is 25.3 Å². The normalized spacial score (nSPS) is 12.5. The first-order chi connectivity index (χ1) is 9.94. The molecule has 0 aliphatic rings. The second-order valence-corrected chi connectivity index (χ2v) is 5.26. The van der Waals surface area contributed by atoms with Gasteiger partial charge in [0.05, 0.1) is 18.8 Å². The van der Waals surface area contributed by atoms with E-state index in [1.165, 1.54) is 0 Å². The molecule has 1 unspecified atom stereocenters. The fraction of sp³-hybridized carbons (Fsp3) is 0.562. The van der Waals surface area contributed by atoms with Crippen molar-refractivity contribution in [3.05, 3.63) is 18.2 Å². The summed E-state index contributed by atoms with van der Waals surface area (Å²) in [6.07, 6.45) is 2.04. The first kappa shape index (κ1) is 17.3. The summed E-state index contributed by atoms with van der Waals surface area (Å²) >= 11 is 0. The van der Waals surface area contributed by atoms with Crippen molar-refractivity contribution in [2.24, 2.45) is 0 Å². The van der Waals surface area contributed by atoms with Crippen molar-refractivity contribution in [1.82, 2.24) is 4.90 Å². The van der Waals surface area contributed by atoms with Crippen molar-refractivity contribution < 1.29 is 9.53 Å². The Labute approximate surface area is 127 Å². The first-order valence-electron chi connectivity index (χ1n) is 7.40. The molecular weight excluding hydrogens is 266 g/mol. The summed E-state index contributed by atoms with van der Waals surface area (Å²) in [5.74, 6) is 0.545. The van der Waals surface area contributed by atoms with E-state index < -0.39 is 0 Å². The smallest absolute Gasteiger partial charge is 0.241 e. The number of likely N-dealkylation sites (N-methyl/N-ethyl adjacent to an activating group) is 1. The van der Waals surface area contributed by atoms with Gasteiger partial charge in [0.1, 0.15) is 5.75 Å². The largest absolute Gasteiger partial charge is 0.495 e. The molecule has 1 rings (SSSR count). The average Bonchev–Trinajstić information content (AvgIpc) is 2.47. The Bertz CT molecular complexity index is 473. The van der Waals surface area contributed by atoms with Crippen molar-refractivity contribution in [3.63, 3.8) is 0 Å². The highest BCUT2D eigenvalue weighted by Gasteiger charge is 2.23. The minimum absolute atomic E-state index is 0.0618. The number of hydrogen-bond donors (Lipinski definition) is 2. The minimum atomic E-state index is -0.221. The van der Waals surface area contributed by atoms with Gasteiger partial charge in [-0.1, -0.05) is 13.8 Å². The van der Waals surface area contributed by atoms with Gasteiger partial charge in [0.15, 0.2) is 0 Å². The minimum Gasteiger partial charge on any atom is -0.495 e. The standard InChI is InChI=1S/C16H27N3O2/c1-6-13(7-2)19(4)11(3)16(20)18-14-10-12(17)8-9-15(14)21-5/h8-11,13H,6-7,17H2,1-5H3,(H,18,20). The van der Waals surface area contributed by atoms with Gasteiger partial charge in [-0.2, -0.15) is 0 Å². The quantitative estimate of drug-likeness (QED) is 0.759. The fourth-order valence-corrected chi connectivity index (χ4v) is 2.43. The molecule has 0 fully saturated rings. The molecule has 1 aromatic carbocycles. The highest BCUT2D eigenvalue weighted by Crippen LogP contribution is 2.27. The highest BCUT2D eigenvalue weighted by atomic mass is 16.5. The second kappa shape index (κ2) is 7.88. The fourth-order valence-electron chi connectivity index (χ4n) is 2.43. The molecule has 118 valence electrons. The van der Waals surface area contributed by atoms with Gasteiger partial charge in [-0.25, -0.2) is 0 Å². The van der Waals surface area contributed by atoms with Crippen LogP contribution in [0.1, 0.15) is 33.6 Å². The number of carbonyl (C=O) groups excluding carboxylic acids is 1. The number of nitrogens with two attached hydrogens (primary N) is 1. The van der Waals surface area contributed by atoms with Crippen LogP contribution in [0.4, 0.5) is 11.4 Å². The van der Waals surface area contributed by atoms with E-state index in [0.29, 0.717) is 23.2 Å². The predicted molar refractivity (Wildman–Crippen MR) is 87.6 cm³/mol. The summed E-state index contributed by atoms with van der Waals surface area (Å²) in [6.45, 7) is 6.18. The van der Waals surface area contributed by atoms with Crippen LogP contribution in [0.5, 0.6) is 5.75 Å². The molecular formula is C16H27N3O2. The lowest BCUT2D eigenvalue weighted by molar-refractivity contribution is -0.121. The summed E-state index contributed by atoms with van der Waals surface area (Å²) in [5, 5.41) is 2.90. The molecule has 0 aliphatic heterocycles. The summed E-state index contributed by atoms with van der Waals surface area (Å²) in [5.41, 5.74) is 6.96. The van der Waals surface area contributed by atoms with Crippen LogP contribution in [0, 0.1) is 0 Å². The van der Waals surface area contributed by atoms with Gasteiger partial charge >= 0.3 is 0 Å². The zero-order valence-electron chi connectivity index (χ0n) is 13.6. The van der Waals surface area contributed by atoms with Crippen LogP contribution in [-0.4, -0.2) is 37.0 Å². The van der Waals surface area contributed by atoms with E-state index in [-0.39, 0.29) is 11.9 Å². The van der Waals surface area contributed by atoms with Crippen molar-refractivity contribution in [2.75, 3.05) is 25.2 Å². The maximum Gasteiger partial charge on any atom is 0.241 e. The third kappa shape index (κ3) is 4.36. The van der Waals surface area contributed by atoms with Gasteiger partial charge in [-0.15, -0.1) is 0 Å². The molecule has 1 atom stereocenters. The molecule has 0 saturated carbocycles. The van der Waals surface area contributed by atoms with Crippen molar-refractivity contribution >= 4 is 17.3 Å². The van der Waals surface area contributed by atoms with Crippen molar-refractivity contribution in [2.45, 2.75) is 45.7 Å². The van der Waals surface area contributed by atoms with Crippen LogP contribution in [0.2, 0.25) is 0 Å². The molecule has 0 bridgehead atoms. The lowest BCUT2D eigenvalue weighted by Gasteiger charge is -2.31. The summed E-state index contributed by atoms with van der Waals surface area (Å²) in [6, 6.07) is 5.38. The molecule has 3 N–H and O–H groups in total. The SMILES string of the molecule is CCC(CC)N(C)C(C)C(=O)Nc1cc(N)ccc1OC. The maximum absolute atomic E-state index is 12.4. The second-order valence-electron chi connectivity index (χ2n) is 5.26. The third-order valence-electron chi connectivity index (χ3n) is 3.99. The van der Waals surface area contributed by atoms with Crippen LogP contribution in [0.3, 0.4) is 0 Å². The molecule has 0 saturated heterocycles. The monoisotopic (exact) mass is 293 g/mol. The maximum atomic E-state index is 12.4. The van der Waals surface area contributed by atoms with Crippen LogP contribution < -0.4 is 15.8 Å². The lowest BCUT2D eigenvalue weighted by atomic mass is 10.1. The number of nitrogens with zero attached hydrogens (tertiary/aromatic N) is 1.